The molecule has 62 valence electrons. The molecular formula is C8H18OS. The van der Waals surface area contributed by atoms with E-state index in [1.54, 1.807) is 0 Å². The second-order valence-electron chi connectivity index (χ2n) is 2.44. The minimum atomic E-state index is 0.338. The Kier molecular flexibility index (Phi) is 7.65. The summed E-state index contributed by atoms with van der Waals surface area (Å²) in [6.45, 7) is 4.66. The summed E-state index contributed by atoms with van der Waals surface area (Å²) in [7, 11) is 0. The van der Waals surface area contributed by atoms with Crippen LogP contribution in [0.25, 0.3) is 0 Å². The van der Waals surface area contributed by atoms with Crippen LogP contribution in [0.4, 0.5) is 0 Å². The maximum Gasteiger partial charge on any atom is 0.0549 e. The molecule has 2 heteroatoms. The van der Waals surface area contributed by atoms with Gasteiger partial charge in [-0.3, -0.25) is 0 Å². The van der Waals surface area contributed by atoms with Crippen LogP contribution < -0.4 is 0 Å². The maximum absolute atomic E-state index is 8.80. The summed E-state index contributed by atoms with van der Waals surface area (Å²) in [5, 5.41) is 9.28. The molecule has 0 bridgehead atoms. The van der Waals surface area contributed by atoms with E-state index in [9.17, 15) is 0 Å². The highest BCUT2D eigenvalue weighted by molar-refractivity contribution is 7.99. The predicted octanol–water partition coefficient (Wildman–Crippen LogP) is 2.29. The Hall–Kier alpha value is 0.310. The molecule has 10 heavy (non-hydrogen) atoms. The van der Waals surface area contributed by atoms with Gasteiger partial charge in [-0.15, -0.1) is 0 Å². The number of hydrogen-bond donors (Lipinski definition) is 1. The molecule has 0 radical (unpaired) electrons. The second-order valence-corrected chi connectivity index (χ2v) is 3.85. The van der Waals surface area contributed by atoms with Gasteiger partial charge in [0.15, 0.2) is 0 Å². The SMILES string of the molecule is CCCCSC(CC)CO. The van der Waals surface area contributed by atoms with E-state index >= 15 is 0 Å². The summed E-state index contributed by atoms with van der Waals surface area (Å²) >= 11 is 1.90. The molecule has 0 aromatic heterocycles. The van der Waals surface area contributed by atoms with Gasteiger partial charge in [0.1, 0.15) is 0 Å². The molecule has 0 amide bonds. The second kappa shape index (κ2) is 7.42. The van der Waals surface area contributed by atoms with Crippen molar-refractivity contribution in [2.24, 2.45) is 0 Å². The van der Waals surface area contributed by atoms with E-state index in [0.717, 1.165) is 6.42 Å². The molecule has 1 N–H and O–H groups in total. The van der Waals surface area contributed by atoms with Gasteiger partial charge in [0.2, 0.25) is 0 Å². The lowest BCUT2D eigenvalue weighted by atomic mass is 10.3. The number of hydrogen-bond acceptors (Lipinski definition) is 2. The Morgan fingerprint density at radius 2 is 2.10 bits per heavy atom. The van der Waals surface area contributed by atoms with Crippen molar-refractivity contribution in [3.8, 4) is 0 Å². The molecular weight excluding hydrogens is 144 g/mol. The molecule has 0 aromatic carbocycles. The minimum absolute atomic E-state index is 0.338. The summed E-state index contributed by atoms with van der Waals surface area (Å²) in [5.41, 5.74) is 0. The van der Waals surface area contributed by atoms with E-state index in [-0.39, 0.29) is 0 Å². The molecule has 0 aliphatic heterocycles. The fourth-order valence-corrected chi connectivity index (χ4v) is 1.82. The van der Waals surface area contributed by atoms with E-state index in [0.29, 0.717) is 11.9 Å². The van der Waals surface area contributed by atoms with Gasteiger partial charge in [0, 0.05) is 5.25 Å². The Morgan fingerprint density at radius 3 is 2.50 bits per heavy atom. The molecule has 0 spiro atoms. The Balaban J connectivity index is 3.09. The van der Waals surface area contributed by atoms with Crippen molar-refractivity contribution < 1.29 is 5.11 Å². The molecule has 0 saturated heterocycles. The first-order chi connectivity index (χ1) is 4.85. The van der Waals surface area contributed by atoms with E-state index in [2.05, 4.69) is 13.8 Å². The molecule has 0 fully saturated rings. The van der Waals surface area contributed by atoms with Crippen molar-refractivity contribution in [3.63, 3.8) is 0 Å². The number of aliphatic hydroxyl groups excluding tert-OH is 1. The normalized spacial score (nSPS) is 13.5. The van der Waals surface area contributed by atoms with Crippen LogP contribution in [0.3, 0.4) is 0 Å². The Bertz CT molecular complexity index is 62.3. The first-order valence-electron chi connectivity index (χ1n) is 4.07. The molecule has 1 nitrogen and oxygen atoms in total. The van der Waals surface area contributed by atoms with Gasteiger partial charge in [0.05, 0.1) is 6.61 Å². The zero-order valence-corrected chi connectivity index (χ0v) is 7.78. The Morgan fingerprint density at radius 1 is 1.40 bits per heavy atom. The van der Waals surface area contributed by atoms with E-state index < -0.39 is 0 Å². The van der Waals surface area contributed by atoms with Crippen LogP contribution in [0.15, 0.2) is 0 Å². The largest absolute Gasteiger partial charge is 0.395 e. The summed E-state index contributed by atoms with van der Waals surface area (Å²) in [4.78, 5) is 0. The van der Waals surface area contributed by atoms with Gasteiger partial charge < -0.3 is 5.11 Å². The standard InChI is InChI=1S/C8H18OS/c1-3-5-6-10-8(4-2)7-9/h8-9H,3-7H2,1-2H3. The first-order valence-corrected chi connectivity index (χ1v) is 5.12. The molecule has 0 aliphatic rings. The van der Waals surface area contributed by atoms with Crippen LogP contribution in [0.2, 0.25) is 0 Å². The third-order valence-corrected chi connectivity index (χ3v) is 2.99. The minimum Gasteiger partial charge on any atom is -0.395 e. The summed E-state index contributed by atoms with van der Waals surface area (Å²) in [5.74, 6) is 1.20. The van der Waals surface area contributed by atoms with Gasteiger partial charge in [-0.2, -0.15) is 11.8 Å². The van der Waals surface area contributed by atoms with Gasteiger partial charge >= 0.3 is 0 Å². The van der Waals surface area contributed by atoms with Gasteiger partial charge in [-0.1, -0.05) is 20.3 Å². The van der Waals surface area contributed by atoms with E-state index in [4.69, 9.17) is 5.11 Å². The van der Waals surface area contributed by atoms with Crippen molar-refractivity contribution in [2.75, 3.05) is 12.4 Å². The number of rotatable bonds is 6. The smallest absolute Gasteiger partial charge is 0.0549 e. The quantitative estimate of drug-likeness (QED) is 0.605. The van der Waals surface area contributed by atoms with Crippen molar-refractivity contribution >= 4 is 11.8 Å². The number of thioether (sulfide) groups is 1. The molecule has 1 atom stereocenters. The van der Waals surface area contributed by atoms with E-state index in [1.807, 2.05) is 11.8 Å². The topological polar surface area (TPSA) is 20.2 Å². The summed E-state index contributed by atoms with van der Waals surface area (Å²) in [6.07, 6.45) is 3.63. The van der Waals surface area contributed by atoms with Gasteiger partial charge in [-0.25, -0.2) is 0 Å². The Labute approximate surface area is 68.2 Å². The molecule has 0 aromatic rings. The highest BCUT2D eigenvalue weighted by atomic mass is 32.2. The maximum atomic E-state index is 8.80. The molecule has 0 heterocycles. The van der Waals surface area contributed by atoms with Gasteiger partial charge in [-0.05, 0) is 18.6 Å². The first kappa shape index (κ1) is 10.3. The fraction of sp³-hybridized carbons (Fsp3) is 1.00. The van der Waals surface area contributed by atoms with E-state index in [1.165, 1.54) is 18.6 Å². The van der Waals surface area contributed by atoms with Crippen LogP contribution in [-0.2, 0) is 0 Å². The zero-order valence-electron chi connectivity index (χ0n) is 6.97. The molecule has 0 aliphatic carbocycles. The molecule has 0 saturated carbocycles. The third-order valence-electron chi connectivity index (χ3n) is 1.51. The lowest BCUT2D eigenvalue weighted by Crippen LogP contribution is -2.06. The zero-order chi connectivity index (χ0) is 7.82. The van der Waals surface area contributed by atoms with Crippen LogP contribution in [-0.4, -0.2) is 22.7 Å². The average molecular weight is 162 g/mol. The van der Waals surface area contributed by atoms with Crippen LogP contribution in [0.5, 0.6) is 0 Å². The van der Waals surface area contributed by atoms with Crippen LogP contribution >= 0.6 is 11.8 Å². The fourth-order valence-electron chi connectivity index (χ4n) is 0.694. The summed E-state index contributed by atoms with van der Waals surface area (Å²) < 4.78 is 0. The number of aliphatic hydroxyl groups is 1. The third kappa shape index (κ3) is 5.12. The van der Waals surface area contributed by atoms with Crippen molar-refractivity contribution in [2.45, 2.75) is 38.4 Å². The predicted molar refractivity (Wildman–Crippen MR) is 48.5 cm³/mol. The number of unbranched alkanes of at least 4 members (excludes halogenated alkanes) is 1. The monoisotopic (exact) mass is 162 g/mol. The highest BCUT2D eigenvalue weighted by Gasteiger charge is 2.02. The lowest BCUT2D eigenvalue weighted by Gasteiger charge is -2.09. The van der Waals surface area contributed by atoms with Crippen LogP contribution in [0.1, 0.15) is 33.1 Å². The highest BCUT2D eigenvalue weighted by Crippen LogP contribution is 2.14. The van der Waals surface area contributed by atoms with Gasteiger partial charge in [0.25, 0.3) is 0 Å². The summed E-state index contributed by atoms with van der Waals surface area (Å²) in [6, 6.07) is 0. The lowest BCUT2D eigenvalue weighted by molar-refractivity contribution is 0.292. The van der Waals surface area contributed by atoms with Crippen molar-refractivity contribution in [3.05, 3.63) is 0 Å². The average Bonchev–Trinajstić information content (AvgIpc) is 1.99. The molecule has 0 rings (SSSR count). The van der Waals surface area contributed by atoms with Crippen molar-refractivity contribution in [1.82, 2.24) is 0 Å². The molecule has 1 unspecified atom stereocenters. The van der Waals surface area contributed by atoms with Crippen LogP contribution in [0, 0.1) is 0 Å². The van der Waals surface area contributed by atoms with Crippen molar-refractivity contribution in [1.29, 1.82) is 0 Å².